The summed E-state index contributed by atoms with van der Waals surface area (Å²) in [4.78, 5) is 0. The van der Waals surface area contributed by atoms with Crippen molar-refractivity contribution in [1.29, 1.82) is 0 Å². The molecule has 0 amide bonds. The molecule has 0 aliphatic carbocycles. The fourth-order valence-electron chi connectivity index (χ4n) is 1.58. The predicted octanol–water partition coefficient (Wildman–Crippen LogP) is 3.85. The molecular weight excluding hydrogens is 236 g/mol. The molecule has 1 atom stereocenters. The van der Waals surface area contributed by atoms with E-state index in [0.29, 0.717) is 6.04 Å². The summed E-state index contributed by atoms with van der Waals surface area (Å²) in [6, 6.07) is 8.79. The van der Waals surface area contributed by atoms with Gasteiger partial charge in [0.05, 0.1) is 5.52 Å². The van der Waals surface area contributed by atoms with Gasteiger partial charge in [-0.2, -0.15) is 16.1 Å². The van der Waals surface area contributed by atoms with E-state index < -0.39 is 0 Å². The van der Waals surface area contributed by atoms with Gasteiger partial charge >= 0.3 is 0 Å². The smallest absolute Gasteiger partial charge is 0.117 e. The van der Waals surface area contributed by atoms with Gasteiger partial charge in [-0.3, -0.25) is 0 Å². The molecule has 2 rings (SSSR count). The average molecular weight is 252 g/mol. The highest BCUT2D eigenvalue weighted by Gasteiger charge is 2.07. The van der Waals surface area contributed by atoms with Crippen LogP contribution in [0.25, 0.3) is 10.9 Å². The molecule has 16 heavy (non-hydrogen) atoms. The van der Waals surface area contributed by atoms with E-state index in [1.165, 1.54) is 22.6 Å². The summed E-state index contributed by atoms with van der Waals surface area (Å²) < 4.78 is 4.43. The second-order valence-corrected chi connectivity index (χ2v) is 5.61. The number of thioether (sulfide) groups is 1. The van der Waals surface area contributed by atoms with Gasteiger partial charge in [0.25, 0.3) is 0 Å². The van der Waals surface area contributed by atoms with Crippen LogP contribution in [0.1, 0.15) is 13.3 Å². The molecule has 0 radical (unpaired) electrons. The van der Waals surface area contributed by atoms with E-state index >= 15 is 0 Å². The molecule has 0 spiro atoms. The number of hydrogen-bond acceptors (Lipinski definition) is 4. The first kappa shape index (κ1) is 11.7. The number of aromatic nitrogens is 1. The van der Waals surface area contributed by atoms with E-state index in [1.54, 1.807) is 11.5 Å². The zero-order valence-corrected chi connectivity index (χ0v) is 11.2. The molecule has 1 aromatic carbocycles. The van der Waals surface area contributed by atoms with Gasteiger partial charge in [-0.05, 0) is 49.0 Å². The number of benzene rings is 1. The third-order valence-corrected chi connectivity index (χ3v) is 3.97. The first-order valence-corrected chi connectivity index (χ1v) is 7.58. The van der Waals surface area contributed by atoms with Crippen LogP contribution in [0.4, 0.5) is 5.00 Å². The molecule has 0 saturated heterocycles. The second kappa shape index (κ2) is 5.55. The molecule has 2 nitrogen and oxygen atoms in total. The van der Waals surface area contributed by atoms with Crippen molar-refractivity contribution in [2.45, 2.75) is 19.4 Å². The molecule has 1 heterocycles. The number of nitrogens with zero attached hydrogens (tertiary/aromatic N) is 1. The minimum Gasteiger partial charge on any atom is -0.373 e. The van der Waals surface area contributed by atoms with Crippen molar-refractivity contribution in [3.05, 3.63) is 24.3 Å². The number of nitrogens with one attached hydrogen (secondary N) is 1. The number of fused-ring (bicyclic) bond motifs is 1. The van der Waals surface area contributed by atoms with Crippen molar-refractivity contribution in [2.24, 2.45) is 0 Å². The third-order valence-electron chi connectivity index (χ3n) is 2.52. The average Bonchev–Trinajstić information content (AvgIpc) is 2.70. The summed E-state index contributed by atoms with van der Waals surface area (Å²) in [6.45, 7) is 2.23. The molecule has 86 valence electrons. The molecule has 0 fully saturated rings. The minimum absolute atomic E-state index is 0.510. The van der Waals surface area contributed by atoms with Crippen molar-refractivity contribution < 1.29 is 0 Å². The highest BCUT2D eigenvalue weighted by atomic mass is 32.2. The van der Waals surface area contributed by atoms with Crippen LogP contribution in [0.15, 0.2) is 24.3 Å². The van der Waals surface area contributed by atoms with Gasteiger partial charge in [0.2, 0.25) is 0 Å². The van der Waals surface area contributed by atoms with Crippen LogP contribution < -0.4 is 5.32 Å². The summed E-state index contributed by atoms with van der Waals surface area (Å²) in [5.74, 6) is 1.20. The summed E-state index contributed by atoms with van der Waals surface area (Å²) in [6.07, 6.45) is 3.34. The normalized spacial score (nSPS) is 12.9. The lowest BCUT2D eigenvalue weighted by molar-refractivity contribution is 0.776. The minimum atomic E-state index is 0.510. The fraction of sp³-hybridized carbons (Fsp3) is 0.417. The lowest BCUT2D eigenvalue weighted by atomic mass is 10.2. The van der Waals surface area contributed by atoms with Gasteiger partial charge in [0, 0.05) is 11.4 Å². The number of rotatable bonds is 5. The summed E-state index contributed by atoms with van der Waals surface area (Å²) in [7, 11) is 0. The molecule has 1 unspecified atom stereocenters. The van der Waals surface area contributed by atoms with E-state index in [1.807, 2.05) is 17.8 Å². The van der Waals surface area contributed by atoms with Crippen LogP contribution in [0.3, 0.4) is 0 Å². The van der Waals surface area contributed by atoms with E-state index in [4.69, 9.17) is 0 Å². The molecule has 4 heteroatoms. The largest absolute Gasteiger partial charge is 0.373 e. The first-order valence-electron chi connectivity index (χ1n) is 5.41. The van der Waals surface area contributed by atoms with E-state index in [-0.39, 0.29) is 0 Å². The highest BCUT2D eigenvalue weighted by Crippen LogP contribution is 2.28. The zero-order chi connectivity index (χ0) is 11.4. The Morgan fingerprint density at radius 3 is 3.06 bits per heavy atom. The maximum atomic E-state index is 4.43. The molecule has 2 aromatic rings. The summed E-state index contributed by atoms with van der Waals surface area (Å²) in [5.41, 5.74) is 1.09. The molecule has 1 N–H and O–H groups in total. The zero-order valence-electron chi connectivity index (χ0n) is 9.56. The predicted molar refractivity (Wildman–Crippen MR) is 75.7 cm³/mol. The Bertz CT molecular complexity index is 453. The topological polar surface area (TPSA) is 24.9 Å². The molecule has 0 bridgehead atoms. The van der Waals surface area contributed by atoms with E-state index in [2.05, 4.69) is 41.1 Å². The van der Waals surface area contributed by atoms with Crippen molar-refractivity contribution in [1.82, 2.24) is 4.37 Å². The van der Waals surface area contributed by atoms with Gasteiger partial charge in [0.15, 0.2) is 0 Å². The van der Waals surface area contributed by atoms with E-state index in [9.17, 15) is 0 Å². The van der Waals surface area contributed by atoms with Gasteiger partial charge in [-0.1, -0.05) is 12.1 Å². The lowest BCUT2D eigenvalue weighted by Crippen LogP contribution is -2.15. The lowest BCUT2D eigenvalue weighted by Gasteiger charge is -2.12. The Labute approximate surface area is 105 Å². The monoisotopic (exact) mass is 252 g/mol. The third kappa shape index (κ3) is 2.68. The number of hydrogen-bond donors (Lipinski definition) is 1. The van der Waals surface area contributed by atoms with Crippen LogP contribution in [-0.2, 0) is 0 Å². The fourth-order valence-corrected chi connectivity index (χ4v) is 3.05. The SMILES string of the molecule is CSCCC(C)Nc1snc2ccccc12. The maximum absolute atomic E-state index is 4.43. The summed E-state index contributed by atoms with van der Waals surface area (Å²) in [5, 5.41) is 5.98. The first-order chi connectivity index (χ1) is 7.81. The Morgan fingerprint density at radius 1 is 1.44 bits per heavy atom. The molecule has 0 aliphatic rings. The van der Waals surface area contributed by atoms with E-state index in [0.717, 1.165) is 5.52 Å². The number of anilines is 1. The highest BCUT2D eigenvalue weighted by molar-refractivity contribution is 7.98. The Hall–Kier alpha value is -0.740. The standard InChI is InChI=1S/C12H16N2S2/c1-9(7-8-15-2)13-12-10-5-3-4-6-11(10)14-16-12/h3-6,9,13H,7-8H2,1-2H3. The van der Waals surface area contributed by atoms with Crippen LogP contribution in [0.5, 0.6) is 0 Å². The molecular formula is C12H16N2S2. The molecule has 1 aromatic heterocycles. The van der Waals surface area contributed by atoms with Crippen LogP contribution in [-0.4, -0.2) is 22.4 Å². The van der Waals surface area contributed by atoms with Crippen molar-refractivity contribution in [3.8, 4) is 0 Å². The maximum Gasteiger partial charge on any atom is 0.117 e. The van der Waals surface area contributed by atoms with Gasteiger partial charge in [-0.15, -0.1) is 0 Å². The molecule has 0 aliphatic heterocycles. The van der Waals surface area contributed by atoms with Crippen molar-refractivity contribution in [2.75, 3.05) is 17.3 Å². The van der Waals surface area contributed by atoms with Gasteiger partial charge < -0.3 is 5.32 Å². The quantitative estimate of drug-likeness (QED) is 0.875. The van der Waals surface area contributed by atoms with Crippen LogP contribution in [0, 0.1) is 0 Å². The summed E-state index contributed by atoms with van der Waals surface area (Å²) >= 11 is 3.45. The second-order valence-electron chi connectivity index (χ2n) is 3.86. The Balaban J connectivity index is 2.09. The molecule has 0 saturated carbocycles. The van der Waals surface area contributed by atoms with Crippen molar-refractivity contribution in [3.63, 3.8) is 0 Å². The van der Waals surface area contributed by atoms with Gasteiger partial charge in [0.1, 0.15) is 5.00 Å². The van der Waals surface area contributed by atoms with Crippen LogP contribution in [0.2, 0.25) is 0 Å². The van der Waals surface area contributed by atoms with Crippen LogP contribution >= 0.6 is 23.3 Å². The van der Waals surface area contributed by atoms with Gasteiger partial charge in [-0.25, -0.2) is 0 Å². The van der Waals surface area contributed by atoms with Crippen molar-refractivity contribution >= 4 is 39.2 Å². The Kier molecular flexibility index (Phi) is 4.07. The Morgan fingerprint density at radius 2 is 2.25 bits per heavy atom.